The van der Waals surface area contributed by atoms with Crippen molar-refractivity contribution in [3.05, 3.63) is 12.2 Å². The van der Waals surface area contributed by atoms with Gasteiger partial charge >= 0.3 is 0 Å². The van der Waals surface area contributed by atoms with Gasteiger partial charge in [-0.05, 0) is 25.7 Å². The average molecular weight is 228 g/mol. The van der Waals surface area contributed by atoms with Gasteiger partial charge in [-0.15, -0.1) is 21.8 Å². The molecule has 2 fully saturated rings. The number of halogens is 1. The molecule has 3 rings (SSSR count). The monoisotopic (exact) mass is 227 g/mol. The molecule has 15 heavy (non-hydrogen) atoms. The van der Waals surface area contributed by atoms with Crippen molar-refractivity contribution in [1.29, 1.82) is 0 Å². The minimum atomic E-state index is 0.349. The zero-order valence-corrected chi connectivity index (χ0v) is 9.23. The first kappa shape index (κ1) is 9.60. The standard InChI is InChI=1S/C10H14ClN3O/c11-5-10-13-12-6-14(10)8-3-1-7-2-4-9(8)15-7/h6-9H,1-5H2. The van der Waals surface area contributed by atoms with Crippen LogP contribution in [0.15, 0.2) is 6.33 Å². The van der Waals surface area contributed by atoms with E-state index in [1.165, 1.54) is 6.42 Å². The van der Waals surface area contributed by atoms with Crippen LogP contribution >= 0.6 is 11.6 Å². The van der Waals surface area contributed by atoms with E-state index in [2.05, 4.69) is 14.8 Å². The predicted molar refractivity (Wildman–Crippen MR) is 55.7 cm³/mol. The Hall–Kier alpha value is -0.610. The summed E-state index contributed by atoms with van der Waals surface area (Å²) >= 11 is 5.83. The molecule has 4 nitrogen and oxygen atoms in total. The van der Waals surface area contributed by atoms with Crippen LogP contribution in [-0.4, -0.2) is 27.0 Å². The van der Waals surface area contributed by atoms with Gasteiger partial charge in [0.1, 0.15) is 12.2 Å². The molecule has 82 valence electrons. The number of aromatic nitrogens is 3. The molecule has 1 aromatic heterocycles. The number of nitrogens with zero attached hydrogens (tertiary/aromatic N) is 3. The molecular weight excluding hydrogens is 214 g/mol. The van der Waals surface area contributed by atoms with Gasteiger partial charge in [0.2, 0.25) is 0 Å². The Bertz CT molecular complexity index is 354. The van der Waals surface area contributed by atoms with E-state index < -0.39 is 0 Å². The number of hydrogen-bond acceptors (Lipinski definition) is 3. The van der Waals surface area contributed by atoms with E-state index in [9.17, 15) is 0 Å². The van der Waals surface area contributed by atoms with Gasteiger partial charge in [0.15, 0.2) is 0 Å². The maximum Gasteiger partial charge on any atom is 0.148 e. The number of rotatable bonds is 2. The second-order valence-electron chi connectivity index (χ2n) is 4.31. The van der Waals surface area contributed by atoms with Crippen molar-refractivity contribution in [2.24, 2.45) is 0 Å². The fourth-order valence-electron chi connectivity index (χ4n) is 2.73. The predicted octanol–water partition coefficient (Wildman–Crippen LogP) is 1.90. The summed E-state index contributed by atoms with van der Waals surface area (Å²) in [6.07, 6.45) is 7.32. The molecule has 0 N–H and O–H groups in total. The Morgan fingerprint density at radius 1 is 1.40 bits per heavy atom. The minimum absolute atomic E-state index is 0.349. The van der Waals surface area contributed by atoms with E-state index in [1.54, 1.807) is 6.33 Å². The zero-order valence-electron chi connectivity index (χ0n) is 8.47. The first-order chi connectivity index (χ1) is 7.38. The van der Waals surface area contributed by atoms with Crippen molar-refractivity contribution in [2.45, 2.75) is 49.8 Å². The molecule has 0 aliphatic carbocycles. The summed E-state index contributed by atoms with van der Waals surface area (Å²) in [5.41, 5.74) is 0. The molecule has 2 aliphatic heterocycles. The highest BCUT2D eigenvalue weighted by Gasteiger charge is 2.38. The Morgan fingerprint density at radius 3 is 3.13 bits per heavy atom. The molecule has 0 amide bonds. The largest absolute Gasteiger partial charge is 0.373 e. The summed E-state index contributed by atoms with van der Waals surface area (Å²) in [5, 5.41) is 7.94. The second kappa shape index (κ2) is 3.76. The van der Waals surface area contributed by atoms with Crippen molar-refractivity contribution < 1.29 is 4.74 Å². The number of fused-ring (bicyclic) bond motifs is 2. The average Bonchev–Trinajstić information content (AvgIpc) is 2.87. The summed E-state index contributed by atoms with van der Waals surface area (Å²) in [6.45, 7) is 0. The highest BCUT2D eigenvalue weighted by molar-refractivity contribution is 6.16. The third kappa shape index (κ3) is 1.56. The van der Waals surface area contributed by atoms with Crippen molar-refractivity contribution in [1.82, 2.24) is 14.8 Å². The van der Waals surface area contributed by atoms with E-state index in [4.69, 9.17) is 16.3 Å². The van der Waals surface area contributed by atoms with Crippen LogP contribution in [0.2, 0.25) is 0 Å². The van der Waals surface area contributed by atoms with E-state index in [-0.39, 0.29) is 0 Å². The maximum atomic E-state index is 5.91. The van der Waals surface area contributed by atoms with Gasteiger partial charge in [-0.3, -0.25) is 0 Å². The van der Waals surface area contributed by atoms with Gasteiger partial charge in [0, 0.05) is 0 Å². The molecule has 1 aromatic rings. The fourth-order valence-corrected chi connectivity index (χ4v) is 2.92. The summed E-state index contributed by atoms with van der Waals surface area (Å²) in [5.74, 6) is 1.28. The van der Waals surface area contributed by atoms with Gasteiger partial charge < -0.3 is 9.30 Å². The third-order valence-electron chi connectivity index (χ3n) is 3.48. The van der Waals surface area contributed by atoms with Crippen molar-refractivity contribution in [3.8, 4) is 0 Å². The molecule has 2 bridgehead atoms. The second-order valence-corrected chi connectivity index (χ2v) is 4.57. The van der Waals surface area contributed by atoms with Crippen molar-refractivity contribution >= 4 is 11.6 Å². The molecule has 0 aromatic carbocycles. The molecule has 0 radical (unpaired) electrons. The normalized spacial score (nSPS) is 34.6. The third-order valence-corrected chi connectivity index (χ3v) is 3.72. The van der Waals surface area contributed by atoms with E-state index in [1.807, 2.05) is 0 Å². The first-order valence-electron chi connectivity index (χ1n) is 5.48. The van der Waals surface area contributed by atoms with Crippen LogP contribution in [0.4, 0.5) is 0 Å². The Balaban J connectivity index is 1.87. The lowest BCUT2D eigenvalue weighted by atomic mass is 10.0. The molecule has 3 unspecified atom stereocenters. The summed E-state index contributed by atoms with van der Waals surface area (Å²) in [6, 6.07) is 0.396. The summed E-state index contributed by atoms with van der Waals surface area (Å²) < 4.78 is 8.01. The molecular formula is C10H14ClN3O. The lowest BCUT2D eigenvalue weighted by molar-refractivity contribution is -0.0275. The minimum Gasteiger partial charge on any atom is -0.373 e. The maximum absolute atomic E-state index is 5.91. The molecule has 0 spiro atoms. The zero-order chi connectivity index (χ0) is 10.3. The first-order valence-corrected chi connectivity index (χ1v) is 6.01. The van der Waals surface area contributed by atoms with E-state index in [0.717, 1.165) is 25.1 Å². The van der Waals surface area contributed by atoms with Gasteiger partial charge in [-0.25, -0.2) is 0 Å². The number of hydrogen-bond donors (Lipinski definition) is 0. The van der Waals surface area contributed by atoms with Crippen molar-refractivity contribution in [2.75, 3.05) is 0 Å². The number of ether oxygens (including phenoxy) is 1. The van der Waals surface area contributed by atoms with E-state index >= 15 is 0 Å². The molecule has 3 heterocycles. The van der Waals surface area contributed by atoms with Crippen LogP contribution in [0.1, 0.15) is 37.5 Å². The highest BCUT2D eigenvalue weighted by Crippen LogP contribution is 2.39. The van der Waals surface area contributed by atoms with Crippen LogP contribution in [0.3, 0.4) is 0 Å². The topological polar surface area (TPSA) is 39.9 Å². The van der Waals surface area contributed by atoms with Crippen LogP contribution in [0, 0.1) is 0 Å². The van der Waals surface area contributed by atoms with Gasteiger partial charge in [-0.2, -0.15) is 0 Å². The number of alkyl halides is 1. The molecule has 2 saturated heterocycles. The smallest absolute Gasteiger partial charge is 0.148 e. The highest BCUT2D eigenvalue weighted by atomic mass is 35.5. The van der Waals surface area contributed by atoms with Gasteiger partial charge in [0.25, 0.3) is 0 Å². The van der Waals surface area contributed by atoms with Crippen LogP contribution in [0.5, 0.6) is 0 Å². The fraction of sp³-hybridized carbons (Fsp3) is 0.800. The summed E-state index contributed by atoms with van der Waals surface area (Å²) in [7, 11) is 0. The van der Waals surface area contributed by atoms with Gasteiger partial charge in [-0.1, -0.05) is 0 Å². The quantitative estimate of drug-likeness (QED) is 0.725. The molecule has 3 atom stereocenters. The SMILES string of the molecule is ClCc1nncn1C1CCC2CCC1O2. The van der Waals surface area contributed by atoms with Gasteiger partial charge in [0.05, 0.1) is 24.1 Å². The Morgan fingerprint density at radius 2 is 2.27 bits per heavy atom. The lowest BCUT2D eigenvalue weighted by Crippen LogP contribution is -2.30. The van der Waals surface area contributed by atoms with Crippen LogP contribution in [0.25, 0.3) is 0 Å². The van der Waals surface area contributed by atoms with Crippen molar-refractivity contribution in [3.63, 3.8) is 0 Å². The summed E-state index contributed by atoms with van der Waals surface area (Å²) in [4.78, 5) is 0. The molecule has 2 aliphatic rings. The van der Waals surface area contributed by atoms with Crippen LogP contribution in [-0.2, 0) is 10.6 Å². The Labute approximate surface area is 93.6 Å². The Kier molecular flexibility index (Phi) is 2.41. The van der Waals surface area contributed by atoms with Crippen LogP contribution < -0.4 is 0 Å². The lowest BCUT2D eigenvalue weighted by Gasteiger charge is -2.30. The van der Waals surface area contributed by atoms with E-state index in [0.29, 0.717) is 24.1 Å². The molecule has 5 heteroatoms. The molecule has 0 saturated carbocycles.